The maximum atomic E-state index is 13.9. The summed E-state index contributed by atoms with van der Waals surface area (Å²) in [5.41, 5.74) is 0.516. The molecule has 0 aromatic heterocycles. The number of benzene rings is 2. The van der Waals surface area contributed by atoms with Gasteiger partial charge in [-0.05, 0) is 30.7 Å². The van der Waals surface area contributed by atoms with Gasteiger partial charge in [0.25, 0.3) is 0 Å². The molecule has 22 heavy (non-hydrogen) atoms. The zero-order valence-corrected chi connectivity index (χ0v) is 12.1. The van der Waals surface area contributed by atoms with Crippen molar-refractivity contribution in [1.82, 2.24) is 0 Å². The van der Waals surface area contributed by atoms with E-state index in [-0.39, 0.29) is 23.7 Å². The minimum absolute atomic E-state index is 0.0144. The Hall–Kier alpha value is -2.63. The summed E-state index contributed by atoms with van der Waals surface area (Å²) in [6.07, 6.45) is -0.965. The predicted octanol–water partition coefficient (Wildman–Crippen LogP) is 4.00. The van der Waals surface area contributed by atoms with E-state index in [1.54, 1.807) is 19.1 Å². The summed E-state index contributed by atoms with van der Waals surface area (Å²) in [5.74, 6) is -0.791. The molecule has 2 rings (SSSR count). The predicted molar refractivity (Wildman–Crippen MR) is 74.9 cm³/mol. The zero-order chi connectivity index (χ0) is 16.1. The quantitative estimate of drug-likeness (QED) is 0.632. The summed E-state index contributed by atoms with van der Waals surface area (Å²) in [6, 6.07) is 8.34. The number of rotatable bonds is 4. The second kappa shape index (κ2) is 6.89. The fourth-order valence-corrected chi connectivity index (χ4v) is 1.72. The highest BCUT2D eigenvalue weighted by Gasteiger charge is 2.14. The molecule has 0 bridgehead atoms. The van der Waals surface area contributed by atoms with E-state index in [4.69, 9.17) is 9.47 Å². The fraction of sp³-hybridized carbons (Fsp3) is 0.188. The standard InChI is InChI=1S/C16H14F2O4/c1-10-6-7-11(8-14(10)18)21-9-12-13(17)4-3-5-15(12)22-16(19)20-2/h3-8H,9H2,1-2H3. The van der Waals surface area contributed by atoms with Gasteiger partial charge in [0.1, 0.15) is 29.7 Å². The van der Waals surface area contributed by atoms with Crippen molar-refractivity contribution in [2.75, 3.05) is 7.11 Å². The van der Waals surface area contributed by atoms with Crippen molar-refractivity contribution in [2.45, 2.75) is 13.5 Å². The molecule has 2 aromatic carbocycles. The van der Waals surface area contributed by atoms with Crippen molar-refractivity contribution >= 4 is 6.16 Å². The molecule has 6 heteroatoms. The molecule has 0 aliphatic heterocycles. The number of carbonyl (C=O) groups excluding carboxylic acids is 1. The molecule has 0 spiro atoms. The van der Waals surface area contributed by atoms with Crippen molar-refractivity contribution in [2.24, 2.45) is 0 Å². The topological polar surface area (TPSA) is 44.8 Å². The largest absolute Gasteiger partial charge is 0.513 e. The second-order valence-corrected chi connectivity index (χ2v) is 4.47. The molecule has 0 amide bonds. The first kappa shape index (κ1) is 15.8. The lowest BCUT2D eigenvalue weighted by atomic mass is 10.2. The maximum absolute atomic E-state index is 13.9. The third kappa shape index (κ3) is 3.72. The van der Waals surface area contributed by atoms with E-state index in [1.807, 2.05) is 0 Å². The Kier molecular flexibility index (Phi) is 4.93. The van der Waals surface area contributed by atoms with Crippen LogP contribution in [-0.4, -0.2) is 13.3 Å². The van der Waals surface area contributed by atoms with Crippen LogP contribution < -0.4 is 9.47 Å². The SMILES string of the molecule is COC(=O)Oc1cccc(F)c1COc1ccc(C)c(F)c1. The van der Waals surface area contributed by atoms with Crippen molar-refractivity contribution < 1.29 is 27.8 Å². The fourth-order valence-electron chi connectivity index (χ4n) is 1.72. The first-order chi connectivity index (χ1) is 10.5. The molecule has 0 saturated heterocycles. The Balaban J connectivity index is 2.17. The Morgan fingerprint density at radius 3 is 2.59 bits per heavy atom. The van der Waals surface area contributed by atoms with Gasteiger partial charge in [-0.1, -0.05) is 12.1 Å². The summed E-state index contributed by atoms with van der Waals surface area (Å²) < 4.78 is 41.9. The van der Waals surface area contributed by atoms with Gasteiger partial charge in [-0.2, -0.15) is 0 Å². The number of hydrogen-bond acceptors (Lipinski definition) is 4. The number of ether oxygens (including phenoxy) is 3. The summed E-state index contributed by atoms with van der Waals surface area (Å²) in [6.45, 7) is 1.40. The average Bonchev–Trinajstić information content (AvgIpc) is 2.50. The summed E-state index contributed by atoms with van der Waals surface area (Å²) in [5, 5.41) is 0. The van der Waals surface area contributed by atoms with Crippen LogP contribution in [0.15, 0.2) is 36.4 Å². The molecule has 4 nitrogen and oxygen atoms in total. The van der Waals surface area contributed by atoms with E-state index in [2.05, 4.69) is 4.74 Å². The van der Waals surface area contributed by atoms with Gasteiger partial charge in [0.2, 0.25) is 0 Å². The molecular weight excluding hydrogens is 294 g/mol. The maximum Gasteiger partial charge on any atom is 0.513 e. The van der Waals surface area contributed by atoms with Crippen molar-refractivity contribution in [3.05, 3.63) is 59.2 Å². The summed E-state index contributed by atoms with van der Waals surface area (Å²) in [7, 11) is 1.15. The first-order valence-electron chi connectivity index (χ1n) is 6.43. The van der Waals surface area contributed by atoms with Crippen LogP contribution in [0, 0.1) is 18.6 Å². The molecule has 0 saturated carbocycles. The van der Waals surface area contributed by atoms with Gasteiger partial charge in [0.15, 0.2) is 0 Å². The van der Waals surface area contributed by atoms with Crippen LogP contribution in [0.1, 0.15) is 11.1 Å². The Morgan fingerprint density at radius 1 is 1.14 bits per heavy atom. The summed E-state index contributed by atoms with van der Waals surface area (Å²) >= 11 is 0. The third-order valence-electron chi connectivity index (χ3n) is 2.96. The number of hydrogen-bond donors (Lipinski definition) is 0. The first-order valence-corrected chi connectivity index (χ1v) is 6.43. The van der Waals surface area contributed by atoms with Crippen LogP contribution in [0.2, 0.25) is 0 Å². The van der Waals surface area contributed by atoms with Crippen LogP contribution in [0.4, 0.5) is 13.6 Å². The molecule has 2 aromatic rings. The molecule has 0 heterocycles. The summed E-state index contributed by atoms with van der Waals surface area (Å²) in [4.78, 5) is 11.1. The van der Waals surface area contributed by atoms with Gasteiger partial charge < -0.3 is 14.2 Å². The molecule has 0 fully saturated rings. The number of halogens is 2. The highest BCUT2D eigenvalue weighted by molar-refractivity contribution is 5.64. The molecule has 0 N–H and O–H groups in total. The van der Waals surface area contributed by atoms with Gasteiger partial charge in [-0.25, -0.2) is 13.6 Å². The Labute approximate surface area is 126 Å². The van der Waals surface area contributed by atoms with Crippen LogP contribution in [-0.2, 0) is 11.3 Å². The van der Waals surface area contributed by atoms with Crippen LogP contribution in [0.3, 0.4) is 0 Å². The second-order valence-electron chi connectivity index (χ2n) is 4.47. The van der Waals surface area contributed by atoms with Crippen molar-refractivity contribution in [1.29, 1.82) is 0 Å². The minimum Gasteiger partial charge on any atom is -0.489 e. The molecule has 0 aliphatic rings. The minimum atomic E-state index is -0.965. The average molecular weight is 308 g/mol. The van der Waals surface area contributed by atoms with Gasteiger partial charge in [0, 0.05) is 6.07 Å². The van der Waals surface area contributed by atoms with Crippen LogP contribution >= 0.6 is 0 Å². The molecular formula is C16H14F2O4. The van der Waals surface area contributed by atoms with Gasteiger partial charge in [0.05, 0.1) is 12.7 Å². The smallest absolute Gasteiger partial charge is 0.489 e. The monoisotopic (exact) mass is 308 g/mol. The lowest BCUT2D eigenvalue weighted by molar-refractivity contribution is 0.120. The molecule has 116 valence electrons. The van der Waals surface area contributed by atoms with Gasteiger partial charge in [-0.15, -0.1) is 0 Å². The lowest BCUT2D eigenvalue weighted by Crippen LogP contribution is -2.11. The van der Waals surface area contributed by atoms with E-state index in [0.717, 1.165) is 7.11 Å². The molecule has 0 atom stereocenters. The molecule has 0 unspecified atom stereocenters. The molecule has 0 aliphatic carbocycles. The van der Waals surface area contributed by atoms with Crippen molar-refractivity contribution in [3.63, 3.8) is 0 Å². The Morgan fingerprint density at radius 2 is 1.91 bits per heavy atom. The van der Waals surface area contributed by atoms with E-state index in [1.165, 1.54) is 24.3 Å². The van der Waals surface area contributed by atoms with E-state index in [0.29, 0.717) is 5.56 Å². The van der Waals surface area contributed by atoms with Crippen LogP contribution in [0.25, 0.3) is 0 Å². The highest BCUT2D eigenvalue weighted by Crippen LogP contribution is 2.24. The third-order valence-corrected chi connectivity index (χ3v) is 2.96. The van der Waals surface area contributed by atoms with Crippen molar-refractivity contribution in [3.8, 4) is 11.5 Å². The normalized spacial score (nSPS) is 10.2. The van der Waals surface area contributed by atoms with Gasteiger partial charge >= 0.3 is 6.16 Å². The van der Waals surface area contributed by atoms with Crippen LogP contribution in [0.5, 0.6) is 11.5 Å². The van der Waals surface area contributed by atoms with E-state index < -0.39 is 17.8 Å². The zero-order valence-electron chi connectivity index (χ0n) is 12.1. The van der Waals surface area contributed by atoms with E-state index >= 15 is 0 Å². The Bertz CT molecular complexity index is 686. The number of aryl methyl sites for hydroxylation is 1. The number of carbonyl (C=O) groups is 1. The highest BCUT2D eigenvalue weighted by atomic mass is 19.1. The van der Waals surface area contributed by atoms with Gasteiger partial charge in [-0.3, -0.25) is 0 Å². The van der Waals surface area contributed by atoms with E-state index in [9.17, 15) is 13.6 Å². The lowest BCUT2D eigenvalue weighted by Gasteiger charge is -2.12. The molecule has 0 radical (unpaired) electrons. The number of methoxy groups -OCH3 is 1.